The van der Waals surface area contributed by atoms with Crippen molar-refractivity contribution < 1.29 is 4.79 Å². The third kappa shape index (κ3) is 3.74. The van der Waals surface area contributed by atoms with Crippen LogP contribution in [0.3, 0.4) is 0 Å². The fourth-order valence-electron chi connectivity index (χ4n) is 2.01. The molecule has 2 rings (SSSR count). The summed E-state index contributed by atoms with van der Waals surface area (Å²) in [7, 11) is 0. The van der Waals surface area contributed by atoms with Crippen LogP contribution in [-0.4, -0.2) is 12.5 Å². The molecule has 0 spiro atoms. The van der Waals surface area contributed by atoms with E-state index in [-0.39, 0.29) is 12.3 Å². The van der Waals surface area contributed by atoms with Crippen molar-refractivity contribution in [2.45, 2.75) is 6.42 Å². The molecule has 0 saturated heterocycles. The summed E-state index contributed by atoms with van der Waals surface area (Å²) in [5.74, 6) is -0.231. The molecule has 1 amide bonds. The van der Waals surface area contributed by atoms with Crippen molar-refractivity contribution in [1.82, 2.24) is 0 Å². The van der Waals surface area contributed by atoms with Crippen molar-refractivity contribution in [3.63, 3.8) is 0 Å². The van der Waals surface area contributed by atoms with Crippen LogP contribution in [0, 0.1) is 11.3 Å². The maximum atomic E-state index is 12.7. The molecule has 0 fully saturated rings. The first-order valence-electron chi connectivity index (χ1n) is 6.42. The van der Waals surface area contributed by atoms with Gasteiger partial charge in [-0.2, -0.15) is 5.26 Å². The van der Waals surface area contributed by atoms with Gasteiger partial charge in [0.15, 0.2) is 0 Å². The summed E-state index contributed by atoms with van der Waals surface area (Å²) in [6.07, 6.45) is 0.247. The number of nitrogens with zero attached hydrogens (tertiary/aromatic N) is 2. The average molecular weight is 300 g/mol. The first-order valence-corrected chi connectivity index (χ1v) is 6.79. The van der Waals surface area contributed by atoms with E-state index in [0.29, 0.717) is 22.8 Å². The second-order valence-electron chi connectivity index (χ2n) is 4.47. The number of nitrogens with two attached hydrogens (primary N) is 1. The molecule has 0 unspecified atom stereocenters. The molecule has 0 bridgehead atoms. The zero-order chi connectivity index (χ0) is 15.2. The summed E-state index contributed by atoms with van der Waals surface area (Å²) >= 11 is 5.95. The van der Waals surface area contributed by atoms with Crippen molar-refractivity contribution in [1.29, 1.82) is 5.26 Å². The lowest BCUT2D eigenvalue weighted by Gasteiger charge is -2.22. The van der Waals surface area contributed by atoms with E-state index in [0.717, 1.165) is 5.69 Å². The standard InChI is InChI=1S/C16H14ClN3O/c17-13-9-12(10-14(19)11-13)16(21)20(8-4-7-18)15-5-2-1-3-6-15/h1-3,5-6,9-11H,4,8,19H2. The highest BCUT2D eigenvalue weighted by atomic mass is 35.5. The van der Waals surface area contributed by atoms with Crippen LogP contribution in [0.4, 0.5) is 11.4 Å². The van der Waals surface area contributed by atoms with Crippen molar-refractivity contribution in [2.24, 2.45) is 0 Å². The molecule has 21 heavy (non-hydrogen) atoms. The number of amides is 1. The Kier molecular flexibility index (Phi) is 4.81. The fourth-order valence-corrected chi connectivity index (χ4v) is 2.25. The van der Waals surface area contributed by atoms with Crippen LogP contribution >= 0.6 is 11.6 Å². The largest absolute Gasteiger partial charge is 0.399 e. The van der Waals surface area contributed by atoms with E-state index in [4.69, 9.17) is 22.6 Å². The average Bonchev–Trinajstić information content (AvgIpc) is 2.47. The first kappa shape index (κ1) is 14.9. The second-order valence-corrected chi connectivity index (χ2v) is 4.91. The van der Waals surface area contributed by atoms with Crippen LogP contribution in [0.25, 0.3) is 0 Å². The summed E-state index contributed by atoms with van der Waals surface area (Å²) in [5.41, 5.74) is 7.30. The molecule has 0 aliphatic carbocycles. The zero-order valence-electron chi connectivity index (χ0n) is 11.3. The predicted octanol–water partition coefficient (Wildman–Crippen LogP) is 3.48. The van der Waals surface area contributed by atoms with Gasteiger partial charge >= 0.3 is 0 Å². The van der Waals surface area contributed by atoms with E-state index in [9.17, 15) is 4.79 Å². The lowest BCUT2D eigenvalue weighted by molar-refractivity contribution is 0.0987. The molecule has 2 N–H and O–H groups in total. The van der Waals surface area contributed by atoms with Crippen LogP contribution in [-0.2, 0) is 0 Å². The van der Waals surface area contributed by atoms with Gasteiger partial charge in [-0.1, -0.05) is 29.8 Å². The number of para-hydroxylation sites is 1. The Hall–Kier alpha value is -2.51. The van der Waals surface area contributed by atoms with Gasteiger partial charge in [-0.3, -0.25) is 4.79 Å². The topological polar surface area (TPSA) is 70.1 Å². The molecule has 0 aliphatic heterocycles. The number of benzene rings is 2. The molecule has 4 nitrogen and oxygen atoms in total. The summed E-state index contributed by atoms with van der Waals surface area (Å²) < 4.78 is 0. The van der Waals surface area contributed by atoms with E-state index in [1.807, 2.05) is 30.3 Å². The van der Waals surface area contributed by atoms with Crippen molar-refractivity contribution in [3.05, 3.63) is 59.1 Å². The minimum Gasteiger partial charge on any atom is -0.399 e. The summed E-state index contributed by atoms with van der Waals surface area (Å²) in [5, 5.41) is 9.18. The van der Waals surface area contributed by atoms with Crippen LogP contribution in [0.2, 0.25) is 5.02 Å². The smallest absolute Gasteiger partial charge is 0.258 e. The molecule has 0 atom stereocenters. The molecular formula is C16H14ClN3O. The van der Waals surface area contributed by atoms with Gasteiger partial charge in [0.2, 0.25) is 0 Å². The lowest BCUT2D eigenvalue weighted by atomic mass is 10.1. The Morgan fingerprint density at radius 2 is 1.95 bits per heavy atom. The van der Waals surface area contributed by atoms with Crippen LogP contribution in [0.1, 0.15) is 16.8 Å². The molecule has 0 aromatic heterocycles. The number of halogens is 1. The zero-order valence-corrected chi connectivity index (χ0v) is 12.0. The van der Waals surface area contributed by atoms with Gasteiger partial charge in [0.05, 0.1) is 12.5 Å². The third-order valence-corrected chi connectivity index (χ3v) is 3.15. The van der Waals surface area contributed by atoms with E-state index >= 15 is 0 Å². The lowest BCUT2D eigenvalue weighted by Crippen LogP contribution is -2.31. The number of carbonyl (C=O) groups is 1. The first-order chi connectivity index (χ1) is 10.1. The number of rotatable bonds is 4. The number of hydrogen-bond donors (Lipinski definition) is 1. The van der Waals surface area contributed by atoms with Gasteiger partial charge < -0.3 is 10.6 Å². The van der Waals surface area contributed by atoms with Crippen LogP contribution < -0.4 is 10.6 Å². The van der Waals surface area contributed by atoms with E-state index < -0.39 is 0 Å². The predicted molar refractivity (Wildman–Crippen MR) is 84.2 cm³/mol. The molecule has 0 radical (unpaired) electrons. The highest BCUT2D eigenvalue weighted by molar-refractivity contribution is 6.31. The highest BCUT2D eigenvalue weighted by Gasteiger charge is 2.18. The molecular weight excluding hydrogens is 286 g/mol. The molecule has 0 aliphatic rings. The van der Waals surface area contributed by atoms with Crippen LogP contribution in [0.5, 0.6) is 0 Å². The maximum absolute atomic E-state index is 12.7. The number of hydrogen-bond acceptors (Lipinski definition) is 3. The number of anilines is 2. The Morgan fingerprint density at radius 1 is 1.24 bits per heavy atom. The SMILES string of the molecule is N#CCCN(C(=O)c1cc(N)cc(Cl)c1)c1ccccc1. The van der Waals surface area contributed by atoms with Gasteiger partial charge in [-0.25, -0.2) is 0 Å². The monoisotopic (exact) mass is 299 g/mol. The third-order valence-electron chi connectivity index (χ3n) is 2.93. The maximum Gasteiger partial charge on any atom is 0.258 e. The van der Waals surface area contributed by atoms with E-state index in [1.54, 1.807) is 23.1 Å². The summed E-state index contributed by atoms with van der Waals surface area (Å²) in [6, 6.07) is 16.0. The molecule has 0 heterocycles. The van der Waals surface area contributed by atoms with E-state index in [1.165, 1.54) is 0 Å². The van der Waals surface area contributed by atoms with E-state index in [2.05, 4.69) is 6.07 Å². The number of nitrogen functional groups attached to an aromatic ring is 1. The molecule has 106 valence electrons. The molecule has 2 aromatic rings. The van der Waals surface area contributed by atoms with Gasteiger partial charge in [-0.15, -0.1) is 0 Å². The number of nitriles is 1. The van der Waals surface area contributed by atoms with Crippen molar-refractivity contribution >= 4 is 28.9 Å². The Bertz CT molecular complexity index is 659. The van der Waals surface area contributed by atoms with Gasteiger partial charge in [0, 0.05) is 28.5 Å². The summed E-state index contributed by atoms with van der Waals surface area (Å²) in [6.45, 7) is 0.311. The Morgan fingerprint density at radius 3 is 2.57 bits per heavy atom. The quantitative estimate of drug-likeness (QED) is 0.879. The number of carbonyl (C=O) groups excluding carboxylic acids is 1. The van der Waals surface area contributed by atoms with Gasteiger partial charge in [0.25, 0.3) is 5.91 Å². The Labute approximate surface area is 128 Å². The second kappa shape index (κ2) is 6.78. The Balaban J connectivity index is 2.36. The van der Waals surface area contributed by atoms with Gasteiger partial charge in [0.1, 0.15) is 0 Å². The van der Waals surface area contributed by atoms with Gasteiger partial charge in [-0.05, 0) is 30.3 Å². The molecule has 2 aromatic carbocycles. The molecule has 0 saturated carbocycles. The minimum absolute atomic E-state index is 0.231. The van der Waals surface area contributed by atoms with Crippen LogP contribution in [0.15, 0.2) is 48.5 Å². The van der Waals surface area contributed by atoms with Crippen molar-refractivity contribution in [2.75, 3.05) is 17.2 Å². The fraction of sp³-hybridized carbons (Fsp3) is 0.125. The minimum atomic E-state index is -0.231. The highest BCUT2D eigenvalue weighted by Crippen LogP contribution is 2.21. The molecule has 5 heteroatoms. The summed E-state index contributed by atoms with van der Waals surface area (Å²) in [4.78, 5) is 14.2. The van der Waals surface area contributed by atoms with Crippen molar-refractivity contribution in [3.8, 4) is 6.07 Å². The normalized spacial score (nSPS) is 9.90.